The van der Waals surface area contributed by atoms with Crippen LogP contribution in [0.15, 0.2) is 16.5 Å². The van der Waals surface area contributed by atoms with Crippen molar-refractivity contribution in [2.75, 3.05) is 20.3 Å². The Labute approximate surface area is 109 Å². The Balaban J connectivity index is 1.76. The fourth-order valence-corrected chi connectivity index (χ4v) is 3.54. The van der Waals surface area contributed by atoms with Crippen LogP contribution in [-0.2, 0) is 10.2 Å². The van der Waals surface area contributed by atoms with Crippen molar-refractivity contribution in [1.82, 2.24) is 5.32 Å². The highest BCUT2D eigenvalue weighted by Gasteiger charge is 2.49. The first kappa shape index (κ1) is 12.2. The van der Waals surface area contributed by atoms with Crippen LogP contribution in [-0.4, -0.2) is 26.3 Å². The van der Waals surface area contributed by atoms with Crippen molar-refractivity contribution in [3.05, 3.63) is 23.7 Å². The smallest absolute Gasteiger partial charge is 0.115 e. The highest BCUT2D eigenvalue weighted by molar-refractivity contribution is 5.22. The molecular formula is C15H23NO2. The minimum absolute atomic E-state index is 0.174. The first-order chi connectivity index (χ1) is 8.74. The van der Waals surface area contributed by atoms with Crippen LogP contribution >= 0.6 is 0 Å². The third kappa shape index (κ3) is 1.90. The number of ether oxygens (including phenoxy) is 1. The zero-order chi connectivity index (χ0) is 12.6. The average molecular weight is 249 g/mol. The Morgan fingerprint density at radius 3 is 2.33 bits per heavy atom. The van der Waals surface area contributed by atoms with Gasteiger partial charge in [-0.2, -0.15) is 0 Å². The number of rotatable bonds is 3. The molecule has 1 aliphatic heterocycles. The fraction of sp³-hybridized carbons (Fsp3) is 0.733. The molecular weight excluding hydrogens is 226 g/mol. The van der Waals surface area contributed by atoms with Gasteiger partial charge in [-0.15, -0.1) is 0 Å². The molecule has 0 amide bonds. The molecule has 1 N–H and O–H groups in total. The lowest BCUT2D eigenvalue weighted by atomic mass is 9.65. The van der Waals surface area contributed by atoms with E-state index < -0.39 is 0 Å². The Kier molecular flexibility index (Phi) is 3.20. The first-order valence-corrected chi connectivity index (χ1v) is 7.06. The lowest BCUT2D eigenvalue weighted by Crippen LogP contribution is -2.53. The lowest BCUT2D eigenvalue weighted by Gasteiger charge is -2.48. The first-order valence-electron chi connectivity index (χ1n) is 7.06. The van der Waals surface area contributed by atoms with Crippen LogP contribution in [0.4, 0.5) is 0 Å². The quantitative estimate of drug-likeness (QED) is 0.894. The Morgan fingerprint density at radius 1 is 1.17 bits per heavy atom. The van der Waals surface area contributed by atoms with E-state index in [1.807, 2.05) is 6.92 Å². The summed E-state index contributed by atoms with van der Waals surface area (Å²) in [7, 11) is 2.07. The molecule has 0 radical (unpaired) electrons. The molecule has 0 bridgehead atoms. The predicted octanol–water partition coefficient (Wildman–Crippen LogP) is 2.63. The monoisotopic (exact) mass is 249 g/mol. The van der Waals surface area contributed by atoms with Gasteiger partial charge in [-0.05, 0) is 57.7 Å². The molecule has 0 atom stereocenters. The van der Waals surface area contributed by atoms with Gasteiger partial charge < -0.3 is 14.5 Å². The molecule has 0 aromatic carbocycles. The second kappa shape index (κ2) is 4.71. The van der Waals surface area contributed by atoms with Gasteiger partial charge in [-0.1, -0.05) is 0 Å². The topological polar surface area (TPSA) is 34.4 Å². The van der Waals surface area contributed by atoms with E-state index in [4.69, 9.17) is 9.15 Å². The number of furan rings is 1. The summed E-state index contributed by atoms with van der Waals surface area (Å²) in [6, 6.07) is 4.94. The van der Waals surface area contributed by atoms with Crippen molar-refractivity contribution in [3.63, 3.8) is 0 Å². The highest BCUT2D eigenvalue weighted by atomic mass is 16.5. The SMILES string of the molecule is CNC1CCC(C2(c3ccc(C)o3)COC2)CC1. The molecule has 3 nitrogen and oxygen atoms in total. The fourth-order valence-electron chi connectivity index (χ4n) is 3.54. The summed E-state index contributed by atoms with van der Waals surface area (Å²) in [5.41, 5.74) is 0.174. The zero-order valence-corrected chi connectivity index (χ0v) is 11.4. The summed E-state index contributed by atoms with van der Waals surface area (Å²) < 4.78 is 11.4. The number of aryl methyl sites for hydroxylation is 1. The molecule has 1 aromatic rings. The molecule has 0 spiro atoms. The Morgan fingerprint density at radius 2 is 1.89 bits per heavy atom. The van der Waals surface area contributed by atoms with Crippen molar-refractivity contribution < 1.29 is 9.15 Å². The van der Waals surface area contributed by atoms with Gasteiger partial charge in [0, 0.05) is 6.04 Å². The van der Waals surface area contributed by atoms with Crippen molar-refractivity contribution in [3.8, 4) is 0 Å². The minimum atomic E-state index is 0.174. The lowest BCUT2D eigenvalue weighted by molar-refractivity contribution is -0.109. The minimum Gasteiger partial charge on any atom is -0.466 e. The van der Waals surface area contributed by atoms with Crippen LogP contribution in [0.1, 0.15) is 37.2 Å². The van der Waals surface area contributed by atoms with Gasteiger partial charge in [0.2, 0.25) is 0 Å². The molecule has 100 valence electrons. The number of hydrogen-bond donors (Lipinski definition) is 1. The summed E-state index contributed by atoms with van der Waals surface area (Å²) >= 11 is 0. The van der Waals surface area contributed by atoms with Crippen LogP contribution in [0.5, 0.6) is 0 Å². The molecule has 3 rings (SSSR count). The molecule has 2 aliphatic rings. The molecule has 18 heavy (non-hydrogen) atoms. The number of hydrogen-bond acceptors (Lipinski definition) is 3. The zero-order valence-electron chi connectivity index (χ0n) is 11.4. The normalized spacial score (nSPS) is 31.0. The van der Waals surface area contributed by atoms with Gasteiger partial charge in [-0.25, -0.2) is 0 Å². The van der Waals surface area contributed by atoms with E-state index in [1.165, 1.54) is 25.7 Å². The van der Waals surface area contributed by atoms with Crippen molar-refractivity contribution in [1.29, 1.82) is 0 Å². The van der Waals surface area contributed by atoms with Crippen LogP contribution < -0.4 is 5.32 Å². The van der Waals surface area contributed by atoms with E-state index in [-0.39, 0.29) is 5.41 Å². The standard InChI is InChI=1S/C15H23NO2/c1-11-3-8-14(18-11)15(9-17-10-15)12-4-6-13(16-2)7-5-12/h3,8,12-13,16H,4-7,9-10H2,1-2H3. The predicted molar refractivity (Wildman–Crippen MR) is 70.7 cm³/mol. The Bertz CT molecular complexity index is 400. The van der Waals surface area contributed by atoms with Crippen molar-refractivity contribution >= 4 is 0 Å². The second-order valence-corrected chi connectivity index (χ2v) is 5.90. The molecule has 1 aromatic heterocycles. The van der Waals surface area contributed by atoms with E-state index in [9.17, 15) is 0 Å². The average Bonchev–Trinajstić information content (AvgIpc) is 2.76. The summed E-state index contributed by atoms with van der Waals surface area (Å²) in [5.74, 6) is 2.89. The second-order valence-electron chi connectivity index (χ2n) is 5.90. The molecule has 1 saturated heterocycles. The summed E-state index contributed by atoms with van der Waals surface area (Å²) in [4.78, 5) is 0. The van der Waals surface area contributed by atoms with Gasteiger partial charge >= 0.3 is 0 Å². The summed E-state index contributed by atoms with van der Waals surface area (Å²) in [6.45, 7) is 3.71. The maximum atomic E-state index is 5.90. The van der Waals surface area contributed by atoms with Crippen molar-refractivity contribution in [2.24, 2.45) is 5.92 Å². The molecule has 1 aliphatic carbocycles. The highest BCUT2D eigenvalue weighted by Crippen LogP contribution is 2.46. The van der Waals surface area contributed by atoms with E-state index in [0.717, 1.165) is 30.7 Å². The molecule has 3 heteroatoms. The van der Waals surface area contributed by atoms with E-state index >= 15 is 0 Å². The van der Waals surface area contributed by atoms with Gasteiger partial charge in [0.1, 0.15) is 11.5 Å². The maximum absolute atomic E-state index is 5.90. The largest absolute Gasteiger partial charge is 0.466 e. The van der Waals surface area contributed by atoms with Crippen LogP contribution in [0.25, 0.3) is 0 Å². The summed E-state index contributed by atoms with van der Waals surface area (Å²) in [5, 5.41) is 3.40. The van der Waals surface area contributed by atoms with E-state index in [0.29, 0.717) is 6.04 Å². The van der Waals surface area contributed by atoms with Gasteiger partial charge in [0.25, 0.3) is 0 Å². The van der Waals surface area contributed by atoms with Crippen LogP contribution in [0, 0.1) is 12.8 Å². The molecule has 1 saturated carbocycles. The van der Waals surface area contributed by atoms with Crippen molar-refractivity contribution in [2.45, 2.75) is 44.1 Å². The van der Waals surface area contributed by atoms with E-state index in [1.54, 1.807) is 0 Å². The Hall–Kier alpha value is -0.800. The van der Waals surface area contributed by atoms with Gasteiger partial charge in [0.05, 0.1) is 18.6 Å². The van der Waals surface area contributed by atoms with Crippen LogP contribution in [0.3, 0.4) is 0 Å². The van der Waals surface area contributed by atoms with Gasteiger partial charge in [0.15, 0.2) is 0 Å². The van der Waals surface area contributed by atoms with Gasteiger partial charge in [-0.3, -0.25) is 0 Å². The summed E-state index contributed by atoms with van der Waals surface area (Å²) in [6.07, 6.45) is 5.13. The van der Waals surface area contributed by atoms with Crippen LogP contribution in [0.2, 0.25) is 0 Å². The maximum Gasteiger partial charge on any atom is 0.115 e. The molecule has 2 heterocycles. The molecule has 0 unspecified atom stereocenters. The number of nitrogens with one attached hydrogen (secondary N) is 1. The molecule has 2 fully saturated rings. The van der Waals surface area contributed by atoms with E-state index in [2.05, 4.69) is 24.5 Å². The third-order valence-electron chi connectivity index (χ3n) is 4.87. The third-order valence-corrected chi connectivity index (χ3v) is 4.87.